The lowest BCUT2D eigenvalue weighted by molar-refractivity contribution is 0.0391. The van der Waals surface area contributed by atoms with E-state index >= 15 is 0 Å². The Morgan fingerprint density at radius 2 is 1.75 bits per heavy atom. The van der Waals surface area contributed by atoms with Gasteiger partial charge in [-0.3, -0.25) is 0 Å². The molecule has 0 saturated heterocycles. The fraction of sp³-hybridized carbons (Fsp3) is 0.250. The van der Waals surface area contributed by atoms with Gasteiger partial charge in [0.15, 0.2) is 21.4 Å². The van der Waals surface area contributed by atoms with Gasteiger partial charge in [0.1, 0.15) is 23.8 Å². The molecule has 0 aliphatic carbocycles. The van der Waals surface area contributed by atoms with Crippen molar-refractivity contribution in [3.05, 3.63) is 58.6 Å². The van der Waals surface area contributed by atoms with Crippen LogP contribution in [0.2, 0.25) is 5.02 Å². The Labute approximate surface area is 142 Å². The van der Waals surface area contributed by atoms with Crippen LogP contribution in [-0.2, 0) is 14.6 Å². The zero-order chi connectivity index (χ0) is 17.5. The first-order chi connectivity index (χ1) is 11.4. The molecule has 1 aliphatic rings. The minimum absolute atomic E-state index is 0.0598. The highest BCUT2D eigenvalue weighted by Crippen LogP contribution is 2.43. The average Bonchev–Trinajstić information content (AvgIpc) is 2.57. The fourth-order valence-corrected chi connectivity index (χ4v) is 4.77. The molecule has 8 heteroatoms. The Morgan fingerprint density at radius 1 is 1.12 bits per heavy atom. The van der Waals surface area contributed by atoms with Crippen molar-refractivity contribution in [3.8, 4) is 5.75 Å². The van der Waals surface area contributed by atoms with E-state index in [1.54, 1.807) is 0 Å². The van der Waals surface area contributed by atoms with Crippen LogP contribution in [0.5, 0.6) is 5.75 Å². The number of hydrogen-bond donors (Lipinski definition) is 0. The Balaban J connectivity index is 2.22. The van der Waals surface area contributed by atoms with Crippen molar-refractivity contribution in [1.29, 1.82) is 0 Å². The molecule has 0 spiro atoms. The van der Waals surface area contributed by atoms with Crippen molar-refractivity contribution < 1.29 is 26.7 Å². The molecule has 4 nitrogen and oxygen atoms in total. The maximum Gasteiger partial charge on any atom is 0.188 e. The SMILES string of the molecule is CO[C@@H]1COc2c(F)ccc(F)c2[C@H]1S(=O)(=O)c1ccc(Cl)cc1. The second kappa shape index (κ2) is 6.31. The van der Waals surface area contributed by atoms with Crippen LogP contribution < -0.4 is 4.74 Å². The average molecular weight is 375 g/mol. The summed E-state index contributed by atoms with van der Waals surface area (Å²) in [5.74, 6) is -2.08. The number of methoxy groups -OCH3 is 1. The van der Waals surface area contributed by atoms with Crippen molar-refractivity contribution in [3.63, 3.8) is 0 Å². The first-order valence-corrected chi connectivity index (χ1v) is 8.91. The van der Waals surface area contributed by atoms with Gasteiger partial charge in [-0.15, -0.1) is 0 Å². The van der Waals surface area contributed by atoms with Gasteiger partial charge in [-0.1, -0.05) is 11.6 Å². The summed E-state index contributed by atoms with van der Waals surface area (Å²) in [4.78, 5) is -0.0598. The van der Waals surface area contributed by atoms with E-state index < -0.39 is 38.6 Å². The number of rotatable bonds is 3. The number of halogens is 3. The van der Waals surface area contributed by atoms with Gasteiger partial charge in [0.2, 0.25) is 0 Å². The second-order valence-electron chi connectivity index (χ2n) is 5.28. The van der Waals surface area contributed by atoms with Crippen LogP contribution in [0.15, 0.2) is 41.3 Å². The topological polar surface area (TPSA) is 52.6 Å². The van der Waals surface area contributed by atoms with E-state index in [4.69, 9.17) is 21.1 Å². The first kappa shape index (κ1) is 17.1. The van der Waals surface area contributed by atoms with Crippen LogP contribution in [0, 0.1) is 11.6 Å². The van der Waals surface area contributed by atoms with Gasteiger partial charge in [0.05, 0.1) is 10.5 Å². The van der Waals surface area contributed by atoms with Crippen LogP contribution in [-0.4, -0.2) is 28.2 Å². The van der Waals surface area contributed by atoms with Crippen LogP contribution >= 0.6 is 11.6 Å². The molecule has 0 aromatic heterocycles. The molecular weight excluding hydrogens is 362 g/mol. The molecule has 0 N–H and O–H groups in total. The Hall–Kier alpha value is -1.70. The Bertz CT molecular complexity index is 868. The summed E-state index contributed by atoms with van der Waals surface area (Å²) in [6, 6.07) is 7.23. The van der Waals surface area contributed by atoms with Gasteiger partial charge < -0.3 is 9.47 Å². The molecule has 3 rings (SSSR count). The molecule has 1 heterocycles. The Kier molecular flexibility index (Phi) is 4.50. The lowest BCUT2D eigenvalue weighted by Gasteiger charge is -2.32. The van der Waals surface area contributed by atoms with Crippen molar-refractivity contribution in [2.75, 3.05) is 13.7 Å². The first-order valence-electron chi connectivity index (χ1n) is 6.99. The zero-order valence-electron chi connectivity index (χ0n) is 12.5. The third-order valence-corrected chi connectivity index (χ3v) is 6.28. The number of fused-ring (bicyclic) bond motifs is 1. The molecule has 128 valence electrons. The minimum Gasteiger partial charge on any atom is -0.487 e. The number of benzene rings is 2. The monoisotopic (exact) mass is 374 g/mol. The molecule has 0 bridgehead atoms. The molecule has 0 saturated carbocycles. The van der Waals surface area contributed by atoms with E-state index in [1.165, 1.54) is 31.4 Å². The van der Waals surface area contributed by atoms with Crippen LogP contribution in [0.4, 0.5) is 8.78 Å². The standard InChI is InChI=1S/C16H13ClF2O4S/c1-22-13-8-23-15-12(19)7-6-11(18)14(15)16(13)24(20,21)10-4-2-9(17)3-5-10/h2-7,13,16H,8H2,1H3/t13-,16+/m1/s1. The van der Waals surface area contributed by atoms with E-state index in [1.807, 2.05) is 0 Å². The maximum atomic E-state index is 14.3. The third kappa shape index (κ3) is 2.76. The second-order valence-corrected chi connectivity index (χ2v) is 7.78. The fourth-order valence-electron chi connectivity index (χ4n) is 2.72. The summed E-state index contributed by atoms with van der Waals surface area (Å²) in [6.07, 6.45) is -0.977. The molecule has 0 amide bonds. The van der Waals surface area contributed by atoms with E-state index in [0.29, 0.717) is 5.02 Å². The molecule has 0 radical (unpaired) electrons. The summed E-state index contributed by atoms with van der Waals surface area (Å²) < 4.78 is 64.7. The quantitative estimate of drug-likeness (QED) is 0.824. The van der Waals surface area contributed by atoms with Crippen molar-refractivity contribution in [2.24, 2.45) is 0 Å². The van der Waals surface area contributed by atoms with E-state index in [0.717, 1.165) is 12.1 Å². The van der Waals surface area contributed by atoms with E-state index in [2.05, 4.69) is 0 Å². The number of hydrogen-bond acceptors (Lipinski definition) is 4. The smallest absolute Gasteiger partial charge is 0.188 e. The number of sulfone groups is 1. The molecular formula is C16H13ClF2O4S. The molecule has 2 aromatic carbocycles. The van der Waals surface area contributed by atoms with Gasteiger partial charge in [0.25, 0.3) is 0 Å². The highest BCUT2D eigenvalue weighted by atomic mass is 35.5. The highest BCUT2D eigenvalue weighted by molar-refractivity contribution is 7.91. The van der Waals surface area contributed by atoms with Gasteiger partial charge in [-0.2, -0.15) is 0 Å². The highest BCUT2D eigenvalue weighted by Gasteiger charge is 2.44. The van der Waals surface area contributed by atoms with Gasteiger partial charge in [0, 0.05) is 12.1 Å². The summed E-state index contributed by atoms with van der Waals surface area (Å²) in [5, 5.41) is -1.06. The number of ether oxygens (including phenoxy) is 2. The van der Waals surface area contributed by atoms with E-state index in [9.17, 15) is 17.2 Å². The Morgan fingerprint density at radius 3 is 2.38 bits per heavy atom. The van der Waals surface area contributed by atoms with Gasteiger partial charge >= 0.3 is 0 Å². The van der Waals surface area contributed by atoms with Crippen molar-refractivity contribution in [1.82, 2.24) is 0 Å². The van der Waals surface area contributed by atoms with Gasteiger partial charge in [-0.05, 0) is 36.4 Å². The molecule has 0 unspecified atom stereocenters. The van der Waals surface area contributed by atoms with Crippen molar-refractivity contribution in [2.45, 2.75) is 16.2 Å². The predicted octanol–water partition coefficient (Wildman–Crippen LogP) is 3.54. The zero-order valence-corrected chi connectivity index (χ0v) is 14.1. The van der Waals surface area contributed by atoms with Crippen LogP contribution in [0.3, 0.4) is 0 Å². The minimum atomic E-state index is -4.06. The van der Waals surface area contributed by atoms with Crippen LogP contribution in [0.25, 0.3) is 0 Å². The van der Waals surface area contributed by atoms with Crippen LogP contribution in [0.1, 0.15) is 10.8 Å². The molecule has 0 fully saturated rings. The van der Waals surface area contributed by atoms with Gasteiger partial charge in [-0.25, -0.2) is 17.2 Å². The lowest BCUT2D eigenvalue weighted by atomic mass is 10.0. The normalized spacial score (nSPS) is 20.3. The van der Waals surface area contributed by atoms with Crippen molar-refractivity contribution >= 4 is 21.4 Å². The molecule has 2 aromatic rings. The predicted molar refractivity (Wildman–Crippen MR) is 84.0 cm³/mol. The molecule has 2 atom stereocenters. The van der Waals surface area contributed by atoms with E-state index in [-0.39, 0.29) is 17.1 Å². The molecule has 1 aliphatic heterocycles. The summed E-state index contributed by atoms with van der Waals surface area (Å²) in [6.45, 7) is -0.207. The summed E-state index contributed by atoms with van der Waals surface area (Å²) >= 11 is 5.78. The third-order valence-electron chi connectivity index (χ3n) is 3.89. The molecule has 24 heavy (non-hydrogen) atoms. The summed E-state index contributed by atoms with van der Waals surface area (Å²) in [5.41, 5.74) is -0.358. The maximum absolute atomic E-state index is 14.3. The largest absolute Gasteiger partial charge is 0.487 e. The lowest BCUT2D eigenvalue weighted by Crippen LogP contribution is -2.38. The summed E-state index contributed by atoms with van der Waals surface area (Å²) in [7, 11) is -2.77.